The van der Waals surface area contributed by atoms with E-state index in [1.165, 1.54) is 22.3 Å². The van der Waals surface area contributed by atoms with Gasteiger partial charge in [0.15, 0.2) is 17.3 Å². The van der Waals surface area contributed by atoms with Crippen molar-refractivity contribution in [2.75, 3.05) is 19.8 Å². The zero-order chi connectivity index (χ0) is 27.3. The SMILES string of the molecule is CCCC1=NN2C(=N)/C(=C/c3ccc(OCCOc4ccc(C(C)(C)C)cc4)c(OCC)c3)C(=O)N=C2S1. The molecule has 0 aliphatic carbocycles. The number of carbonyl (C=O) groups is 1. The highest BCUT2D eigenvalue weighted by Crippen LogP contribution is 2.32. The zero-order valence-corrected chi connectivity index (χ0v) is 23.4. The third-order valence-electron chi connectivity index (χ3n) is 5.87. The van der Waals surface area contributed by atoms with Crippen LogP contribution < -0.4 is 14.2 Å². The molecule has 0 saturated heterocycles. The molecule has 2 aliphatic rings. The molecule has 2 heterocycles. The predicted molar refractivity (Wildman–Crippen MR) is 154 cm³/mol. The van der Waals surface area contributed by atoms with Gasteiger partial charge in [-0.15, -0.1) is 0 Å². The number of hydrogen-bond acceptors (Lipinski definition) is 7. The Balaban J connectivity index is 1.42. The van der Waals surface area contributed by atoms with E-state index in [4.69, 9.17) is 19.6 Å². The molecule has 0 unspecified atom stereocenters. The third-order valence-corrected chi connectivity index (χ3v) is 6.84. The molecule has 4 rings (SSSR count). The van der Waals surface area contributed by atoms with Gasteiger partial charge in [0.25, 0.3) is 5.91 Å². The third kappa shape index (κ3) is 6.45. The minimum Gasteiger partial charge on any atom is -0.490 e. The molecule has 0 atom stereocenters. The number of nitrogens with one attached hydrogen (secondary N) is 1. The van der Waals surface area contributed by atoms with Crippen molar-refractivity contribution >= 4 is 39.8 Å². The van der Waals surface area contributed by atoms with Crippen LogP contribution in [0.3, 0.4) is 0 Å². The first-order valence-electron chi connectivity index (χ1n) is 12.8. The highest BCUT2D eigenvalue weighted by molar-refractivity contribution is 8.26. The van der Waals surface area contributed by atoms with Crippen LogP contribution in [0.1, 0.15) is 58.6 Å². The summed E-state index contributed by atoms with van der Waals surface area (Å²) in [6, 6.07) is 13.5. The minimum atomic E-state index is -0.451. The maximum atomic E-state index is 12.7. The summed E-state index contributed by atoms with van der Waals surface area (Å²) in [5, 5.41) is 15.7. The highest BCUT2D eigenvalue weighted by atomic mass is 32.2. The Hall–Kier alpha value is -3.59. The summed E-state index contributed by atoms with van der Waals surface area (Å²) >= 11 is 1.35. The molecule has 0 radical (unpaired) electrons. The second kappa shape index (κ2) is 11.9. The number of ether oxygens (including phenoxy) is 3. The summed E-state index contributed by atoms with van der Waals surface area (Å²) in [6.07, 6.45) is 3.36. The molecule has 1 N–H and O–H groups in total. The number of carbonyl (C=O) groups excluding carboxylic acids is 1. The van der Waals surface area contributed by atoms with E-state index in [0.29, 0.717) is 42.1 Å². The molecule has 8 nitrogen and oxygen atoms in total. The van der Waals surface area contributed by atoms with E-state index < -0.39 is 5.91 Å². The van der Waals surface area contributed by atoms with Crippen LogP contribution in [-0.4, -0.2) is 46.8 Å². The standard InChI is InChI=1S/C29H34N4O4S/c1-6-8-25-32-33-26(30)22(27(34)31-28(33)38-25)17-19-9-14-23(24(18-19)35-7-2)37-16-15-36-21-12-10-20(11-13-21)29(3,4)5/h9-14,17-18,30H,6-8,15-16H2,1-5H3/b22-17-,30-26?. The number of aliphatic imine (C=N–C) groups is 1. The molecule has 0 spiro atoms. The average molecular weight is 535 g/mol. The van der Waals surface area contributed by atoms with Crippen LogP contribution in [0.25, 0.3) is 6.08 Å². The first-order chi connectivity index (χ1) is 18.2. The fraction of sp³-hybridized carbons (Fsp3) is 0.379. The van der Waals surface area contributed by atoms with Crippen molar-refractivity contribution in [2.45, 2.75) is 52.9 Å². The molecule has 0 bridgehead atoms. The number of nitrogens with zero attached hydrogens (tertiary/aromatic N) is 3. The number of rotatable bonds is 10. The largest absolute Gasteiger partial charge is 0.490 e. The van der Waals surface area contributed by atoms with Gasteiger partial charge in [0.2, 0.25) is 5.17 Å². The molecular weight excluding hydrogens is 500 g/mol. The van der Waals surface area contributed by atoms with Gasteiger partial charge in [-0.2, -0.15) is 15.1 Å². The van der Waals surface area contributed by atoms with Crippen molar-refractivity contribution < 1.29 is 19.0 Å². The average Bonchev–Trinajstić information content (AvgIpc) is 3.28. The maximum Gasteiger partial charge on any atom is 0.283 e. The summed E-state index contributed by atoms with van der Waals surface area (Å²) in [5.41, 5.74) is 2.23. The zero-order valence-electron chi connectivity index (χ0n) is 22.5. The second-order valence-corrected chi connectivity index (χ2v) is 10.9. The Morgan fingerprint density at radius 3 is 2.42 bits per heavy atom. The van der Waals surface area contributed by atoms with Gasteiger partial charge in [0.05, 0.1) is 12.2 Å². The molecule has 0 saturated carbocycles. The summed E-state index contributed by atoms with van der Waals surface area (Å²) < 4.78 is 17.6. The smallest absolute Gasteiger partial charge is 0.283 e. The van der Waals surface area contributed by atoms with E-state index in [-0.39, 0.29) is 16.8 Å². The topological polar surface area (TPSA) is 96.6 Å². The van der Waals surface area contributed by atoms with Gasteiger partial charge in [0, 0.05) is 0 Å². The van der Waals surface area contributed by atoms with E-state index in [2.05, 4.69) is 49.9 Å². The summed E-state index contributed by atoms with van der Waals surface area (Å²) in [4.78, 5) is 16.8. The van der Waals surface area contributed by atoms with Gasteiger partial charge in [0.1, 0.15) is 24.0 Å². The van der Waals surface area contributed by atoms with Crippen LogP contribution in [0.4, 0.5) is 0 Å². The van der Waals surface area contributed by atoms with Gasteiger partial charge >= 0.3 is 0 Å². The lowest BCUT2D eigenvalue weighted by Gasteiger charge is -2.20. The van der Waals surface area contributed by atoms with Gasteiger partial charge < -0.3 is 14.2 Å². The van der Waals surface area contributed by atoms with Gasteiger partial charge in [-0.25, -0.2) is 0 Å². The molecular formula is C29H34N4O4S. The van der Waals surface area contributed by atoms with E-state index in [1.807, 2.05) is 25.1 Å². The molecule has 9 heteroatoms. The summed E-state index contributed by atoms with van der Waals surface area (Å²) in [6.45, 7) is 11.7. The maximum absolute atomic E-state index is 12.7. The van der Waals surface area contributed by atoms with Crippen LogP contribution in [0, 0.1) is 5.41 Å². The number of amidine groups is 2. The van der Waals surface area contributed by atoms with Crippen molar-refractivity contribution in [1.82, 2.24) is 5.01 Å². The fourth-order valence-electron chi connectivity index (χ4n) is 3.88. The Morgan fingerprint density at radius 2 is 1.74 bits per heavy atom. The minimum absolute atomic E-state index is 0.0181. The first-order valence-corrected chi connectivity index (χ1v) is 13.6. The lowest BCUT2D eigenvalue weighted by molar-refractivity contribution is -0.114. The highest BCUT2D eigenvalue weighted by Gasteiger charge is 2.35. The number of amides is 1. The normalized spacial score (nSPS) is 16.3. The number of benzene rings is 2. The van der Waals surface area contributed by atoms with Crippen molar-refractivity contribution in [3.05, 3.63) is 59.2 Å². The Bertz CT molecular complexity index is 1290. The van der Waals surface area contributed by atoms with Crippen LogP contribution in [0.15, 0.2) is 58.1 Å². The molecule has 0 fully saturated rings. The molecule has 0 aromatic heterocycles. The Kier molecular flexibility index (Phi) is 8.56. The van der Waals surface area contributed by atoms with E-state index in [9.17, 15) is 4.79 Å². The molecule has 2 aromatic carbocycles. The Morgan fingerprint density at radius 1 is 1.00 bits per heavy atom. The van der Waals surface area contributed by atoms with Crippen molar-refractivity contribution in [1.29, 1.82) is 5.41 Å². The number of thioether (sulfide) groups is 1. The van der Waals surface area contributed by atoms with E-state index >= 15 is 0 Å². The predicted octanol–water partition coefficient (Wildman–Crippen LogP) is 6.26. The summed E-state index contributed by atoms with van der Waals surface area (Å²) in [7, 11) is 0. The molecule has 1 amide bonds. The first kappa shape index (κ1) is 27.4. The van der Waals surface area contributed by atoms with E-state index in [1.54, 1.807) is 18.2 Å². The Labute approximate surface area is 228 Å². The van der Waals surface area contributed by atoms with Crippen molar-refractivity contribution in [2.24, 2.45) is 10.1 Å². The monoisotopic (exact) mass is 534 g/mol. The molecule has 200 valence electrons. The van der Waals surface area contributed by atoms with Crippen molar-refractivity contribution in [3.8, 4) is 17.2 Å². The van der Waals surface area contributed by atoms with Crippen molar-refractivity contribution in [3.63, 3.8) is 0 Å². The summed E-state index contributed by atoms with van der Waals surface area (Å²) in [5.74, 6) is 1.49. The number of hydrogen-bond donors (Lipinski definition) is 1. The lowest BCUT2D eigenvalue weighted by Crippen LogP contribution is -2.35. The fourth-order valence-corrected chi connectivity index (χ4v) is 4.86. The van der Waals surface area contributed by atoms with Gasteiger partial charge in [-0.3, -0.25) is 10.2 Å². The van der Waals surface area contributed by atoms with Gasteiger partial charge in [-0.1, -0.05) is 45.9 Å². The lowest BCUT2D eigenvalue weighted by atomic mass is 9.87. The van der Waals surface area contributed by atoms with Gasteiger partial charge in [-0.05, 0) is 78.4 Å². The number of hydrazone groups is 1. The number of fused-ring (bicyclic) bond motifs is 1. The van der Waals surface area contributed by atoms with Crippen LogP contribution in [0.5, 0.6) is 17.2 Å². The second-order valence-electron chi connectivity index (χ2n) is 9.87. The van der Waals surface area contributed by atoms with Crippen LogP contribution in [-0.2, 0) is 10.2 Å². The molecule has 38 heavy (non-hydrogen) atoms. The molecule has 2 aliphatic heterocycles. The quantitative estimate of drug-likeness (QED) is 0.285. The van der Waals surface area contributed by atoms with Crippen LogP contribution >= 0.6 is 11.8 Å². The van der Waals surface area contributed by atoms with Crippen LogP contribution in [0.2, 0.25) is 0 Å². The molecule has 2 aromatic rings. The van der Waals surface area contributed by atoms with E-state index in [0.717, 1.165) is 23.6 Å².